The molecule has 1 aliphatic rings. The van der Waals surface area contributed by atoms with Gasteiger partial charge in [0.1, 0.15) is 24.7 Å². The smallest absolute Gasteiger partial charge is 0.119 e. The van der Waals surface area contributed by atoms with E-state index < -0.39 is 0 Å². The molecule has 0 atom stereocenters. The van der Waals surface area contributed by atoms with Gasteiger partial charge in [0.15, 0.2) is 0 Å². The Morgan fingerprint density at radius 1 is 0.571 bits per heavy atom. The molecule has 8 heteroatoms. The van der Waals surface area contributed by atoms with E-state index in [1.54, 1.807) is 24.3 Å². The minimum absolute atomic E-state index is 0.00274. The van der Waals surface area contributed by atoms with Crippen LogP contribution in [0.2, 0.25) is 0 Å². The Labute approximate surface area is 166 Å². The first-order valence-corrected chi connectivity index (χ1v) is 9.75. The van der Waals surface area contributed by atoms with Crippen LogP contribution in [-0.2, 0) is 9.47 Å². The van der Waals surface area contributed by atoms with E-state index in [0.29, 0.717) is 24.7 Å². The Kier molecular flexibility index (Phi) is 14.5. The molecular weight excluding hydrogens is 368 g/mol. The lowest BCUT2D eigenvalue weighted by Gasteiger charge is -2.28. The van der Waals surface area contributed by atoms with Crippen LogP contribution in [0.5, 0.6) is 11.5 Å². The fourth-order valence-corrected chi connectivity index (χ4v) is 2.76. The van der Waals surface area contributed by atoms with Gasteiger partial charge in [0, 0.05) is 0 Å². The lowest BCUT2D eigenvalue weighted by molar-refractivity contribution is -0.0442. The summed E-state index contributed by atoms with van der Waals surface area (Å²) in [6, 6.07) is 7.01. The molecule has 28 heavy (non-hydrogen) atoms. The van der Waals surface area contributed by atoms with Crippen LogP contribution >= 0.6 is 0 Å². The monoisotopic (exact) mass is 402 g/mol. The van der Waals surface area contributed by atoms with E-state index in [1.165, 1.54) is 0 Å². The van der Waals surface area contributed by atoms with E-state index in [4.69, 9.17) is 39.4 Å². The molecule has 8 nitrogen and oxygen atoms in total. The number of rotatable bonds is 12. The van der Waals surface area contributed by atoms with Gasteiger partial charge in [-0.25, -0.2) is 0 Å². The fourth-order valence-electron chi connectivity index (χ4n) is 2.76. The first-order chi connectivity index (χ1) is 13.7. The zero-order valence-electron chi connectivity index (χ0n) is 16.4. The zero-order valence-corrected chi connectivity index (χ0v) is 16.4. The molecule has 162 valence electrons. The molecule has 1 fully saturated rings. The van der Waals surface area contributed by atoms with Crippen molar-refractivity contribution in [2.75, 3.05) is 52.9 Å². The first-order valence-electron chi connectivity index (χ1n) is 9.75. The summed E-state index contributed by atoms with van der Waals surface area (Å²) < 4.78 is 21.2. The van der Waals surface area contributed by atoms with Gasteiger partial charge < -0.3 is 39.4 Å². The molecule has 1 aliphatic carbocycles. The van der Waals surface area contributed by atoms with Gasteiger partial charge in [-0.3, -0.25) is 0 Å². The van der Waals surface area contributed by atoms with E-state index in [-0.39, 0.29) is 51.8 Å². The quantitative estimate of drug-likeness (QED) is 0.404. The van der Waals surface area contributed by atoms with Crippen molar-refractivity contribution >= 4 is 0 Å². The van der Waals surface area contributed by atoms with Crippen LogP contribution in [0.1, 0.15) is 25.7 Å². The zero-order chi connectivity index (χ0) is 20.5. The number of ether oxygens (including phenoxy) is 4. The summed E-state index contributed by atoms with van der Waals surface area (Å²) in [5.74, 6) is 1.38. The second kappa shape index (κ2) is 16.5. The number of aliphatic hydroxyl groups excluding tert-OH is 4. The van der Waals surface area contributed by atoms with Crippen LogP contribution in [0.4, 0.5) is 0 Å². The molecule has 1 saturated carbocycles. The second-order valence-electron chi connectivity index (χ2n) is 6.20. The highest BCUT2D eigenvalue weighted by Crippen LogP contribution is 2.23. The summed E-state index contributed by atoms with van der Waals surface area (Å²) in [5, 5.41) is 34.2. The van der Waals surface area contributed by atoms with Crippen LogP contribution in [0.25, 0.3) is 0 Å². The summed E-state index contributed by atoms with van der Waals surface area (Å²) >= 11 is 0. The average Bonchev–Trinajstić information content (AvgIpc) is 2.75. The number of benzene rings is 1. The number of hydrogen-bond acceptors (Lipinski definition) is 8. The summed E-state index contributed by atoms with van der Waals surface area (Å²) in [5.41, 5.74) is 0. The molecule has 0 amide bonds. The third-order valence-corrected chi connectivity index (χ3v) is 4.05. The maximum Gasteiger partial charge on any atom is 0.119 e. The molecule has 4 N–H and O–H groups in total. The van der Waals surface area contributed by atoms with E-state index in [2.05, 4.69) is 0 Å². The summed E-state index contributed by atoms with van der Waals surface area (Å²) in [4.78, 5) is 0. The number of aliphatic hydroxyl groups is 4. The molecular formula is C20H34O8. The minimum atomic E-state index is 0.00274. The van der Waals surface area contributed by atoms with Crippen molar-refractivity contribution in [1.82, 2.24) is 0 Å². The van der Waals surface area contributed by atoms with Crippen molar-refractivity contribution < 1.29 is 39.4 Å². The maximum atomic E-state index is 8.59. The highest BCUT2D eigenvalue weighted by Gasteiger charge is 2.21. The molecule has 0 unspecified atom stereocenters. The predicted octanol–water partition coefficient (Wildman–Crippen LogP) is 0.744. The highest BCUT2D eigenvalue weighted by atomic mass is 16.5. The van der Waals surface area contributed by atoms with E-state index in [9.17, 15) is 0 Å². The first kappa shape index (κ1) is 24.6. The Bertz CT molecular complexity index is 417. The highest BCUT2D eigenvalue weighted by molar-refractivity contribution is 5.31. The van der Waals surface area contributed by atoms with Crippen molar-refractivity contribution in [3.63, 3.8) is 0 Å². The van der Waals surface area contributed by atoms with Crippen molar-refractivity contribution in [2.45, 2.75) is 37.9 Å². The SMILES string of the molecule is OCCOC1CCC(OCCO)CC1.OCCOc1ccc(OCCO)cc1. The topological polar surface area (TPSA) is 118 Å². The van der Waals surface area contributed by atoms with Crippen molar-refractivity contribution in [3.8, 4) is 11.5 Å². The fraction of sp³-hybridized carbons (Fsp3) is 0.700. The summed E-state index contributed by atoms with van der Waals surface area (Å²) in [6.45, 7) is 1.65. The van der Waals surface area contributed by atoms with Gasteiger partial charge in [0.05, 0.1) is 51.8 Å². The second-order valence-corrected chi connectivity index (χ2v) is 6.20. The summed E-state index contributed by atoms with van der Waals surface area (Å²) in [7, 11) is 0. The Morgan fingerprint density at radius 2 is 0.893 bits per heavy atom. The normalized spacial score (nSPS) is 18.9. The molecule has 0 aromatic heterocycles. The van der Waals surface area contributed by atoms with E-state index in [1.807, 2.05) is 0 Å². The van der Waals surface area contributed by atoms with Gasteiger partial charge in [0.25, 0.3) is 0 Å². The third kappa shape index (κ3) is 11.4. The molecule has 0 spiro atoms. The maximum absolute atomic E-state index is 8.59. The third-order valence-electron chi connectivity index (χ3n) is 4.05. The molecule has 0 saturated heterocycles. The standard InChI is InChI=1S/C10H20O4.C10H14O4/c2*11-5-7-13-9-1-2-10(4-3-9)14-8-6-12/h9-12H,1-8H2;1-4,11-12H,5-8H2. The molecule has 0 radical (unpaired) electrons. The van der Waals surface area contributed by atoms with Crippen molar-refractivity contribution in [2.24, 2.45) is 0 Å². The number of hydrogen-bond donors (Lipinski definition) is 4. The van der Waals surface area contributed by atoms with E-state index >= 15 is 0 Å². The molecule has 1 aromatic rings. The van der Waals surface area contributed by atoms with Crippen LogP contribution < -0.4 is 9.47 Å². The van der Waals surface area contributed by atoms with Gasteiger partial charge in [-0.15, -0.1) is 0 Å². The van der Waals surface area contributed by atoms with Crippen molar-refractivity contribution in [3.05, 3.63) is 24.3 Å². The Morgan fingerprint density at radius 3 is 1.18 bits per heavy atom. The average molecular weight is 402 g/mol. The molecule has 0 bridgehead atoms. The predicted molar refractivity (Wildman–Crippen MR) is 104 cm³/mol. The van der Waals surface area contributed by atoms with Gasteiger partial charge in [-0.2, -0.15) is 0 Å². The van der Waals surface area contributed by atoms with Crippen molar-refractivity contribution in [1.29, 1.82) is 0 Å². The molecule has 2 rings (SSSR count). The Hall–Kier alpha value is -1.42. The van der Waals surface area contributed by atoms with Gasteiger partial charge in [-0.1, -0.05) is 0 Å². The Balaban J connectivity index is 0.000000280. The molecule has 0 heterocycles. The largest absolute Gasteiger partial charge is 0.491 e. The van der Waals surface area contributed by atoms with Gasteiger partial charge in [-0.05, 0) is 49.9 Å². The lowest BCUT2D eigenvalue weighted by Crippen LogP contribution is -2.27. The van der Waals surface area contributed by atoms with E-state index in [0.717, 1.165) is 25.7 Å². The van der Waals surface area contributed by atoms with Crippen LogP contribution in [0.3, 0.4) is 0 Å². The van der Waals surface area contributed by atoms with Crippen LogP contribution in [-0.4, -0.2) is 85.5 Å². The van der Waals surface area contributed by atoms with Crippen LogP contribution in [0.15, 0.2) is 24.3 Å². The summed E-state index contributed by atoms with van der Waals surface area (Å²) in [6.07, 6.45) is 4.56. The lowest BCUT2D eigenvalue weighted by atomic mass is 9.95. The van der Waals surface area contributed by atoms with Crippen LogP contribution in [0, 0.1) is 0 Å². The molecule has 0 aliphatic heterocycles. The van der Waals surface area contributed by atoms with Gasteiger partial charge in [0.2, 0.25) is 0 Å². The molecule has 1 aromatic carbocycles. The van der Waals surface area contributed by atoms with Gasteiger partial charge >= 0.3 is 0 Å². The minimum Gasteiger partial charge on any atom is -0.491 e.